The Morgan fingerprint density at radius 1 is 0.955 bits per heavy atom. The Hall–Kier alpha value is -3.01. The molecule has 0 fully saturated rings. The quantitative estimate of drug-likeness (QED) is 0.777. The largest absolute Gasteiger partial charge is 0.323 e. The van der Waals surface area contributed by atoms with Crippen LogP contribution in [0.1, 0.15) is 12.5 Å². The normalized spacial score (nSPS) is 10.2. The minimum atomic E-state index is 0.542. The third-order valence-electron chi connectivity index (χ3n) is 3.25. The molecule has 0 amide bonds. The predicted octanol–water partition coefficient (Wildman–Crippen LogP) is 4.32. The SMILES string of the molecule is C=C(C)c1cncc(Nc2ncc(-c3ccccc3)cn2)c1. The number of hydrogen-bond acceptors (Lipinski definition) is 4. The Balaban J connectivity index is 1.79. The van der Waals surface area contributed by atoms with E-state index in [2.05, 4.69) is 26.8 Å². The van der Waals surface area contributed by atoms with Crippen LogP contribution in [-0.4, -0.2) is 15.0 Å². The van der Waals surface area contributed by atoms with E-state index < -0.39 is 0 Å². The number of aromatic nitrogens is 3. The van der Waals surface area contributed by atoms with Crippen LogP contribution < -0.4 is 5.32 Å². The lowest BCUT2D eigenvalue weighted by Gasteiger charge is -2.07. The molecule has 0 unspecified atom stereocenters. The van der Waals surface area contributed by atoms with E-state index in [1.54, 1.807) is 24.8 Å². The van der Waals surface area contributed by atoms with Gasteiger partial charge in [0.25, 0.3) is 0 Å². The van der Waals surface area contributed by atoms with Crippen LogP contribution in [-0.2, 0) is 0 Å². The number of anilines is 2. The van der Waals surface area contributed by atoms with Gasteiger partial charge in [-0.05, 0) is 29.7 Å². The van der Waals surface area contributed by atoms with Crippen molar-refractivity contribution in [2.45, 2.75) is 6.92 Å². The molecule has 0 aliphatic carbocycles. The summed E-state index contributed by atoms with van der Waals surface area (Å²) in [5.41, 5.74) is 4.88. The van der Waals surface area contributed by atoms with Crippen molar-refractivity contribution in [3.8, 4) is 11.1 Å². The van der Waals surface area contributed by atoms with Crippen LogP contribution in [0.3, 0.4) is 0 Å². The smallest absolute Gasteiger partial charge is 0.227 e. The van der Waals surface area contributed by atoms with Crippen LogP contribution in [0.4, 0.5) is 11.6 Å². The van der Waals surface area contributed by atoms with Crippen LogP contribution in [0.2, 0.25) is 0 Å². The highest BCUT2D eigenvalue weighted by molar-refractivity contribution is 5.66. The molecule has 108 valence electrons. The summed E-state index contributed by atoms with van der Waals surface area (Å²) in [6.07, 6.45) is 7.13. The number of benzene rings is 1. The minimum Gasteiger partial charge on any atom is -0.323 e. The van der Waals surface area contributed by atoms with Crippen molar-refractivity contribution in [3.63, 3.8) is 0 Å². The van der Waals surface area contributed by atoms with Gasteiger partial charge in [0.1, 0.15) is 0 Å². The van der Waals surface area contributed by atoms with Crippen LogP contribution in [0.15, 0.2) is 67.8 Å². The summed E-state index contributed by atoms with van der Waals surface area (Å²) in [6.45, 7) is 5.87. The van der Waals surface area contributed by atoms with Gasteiger partial charge in [0, 0.05) is 24.2 Å². The fourth-order valence-electron chi connectivity index (χ4n) is 2.04. The van der Waals surface area contributed by atoms with Crippen molar-refractivity contribution in [2.75, 3.05) is 5.32 Å². The molecular weight excluding hydrogens is 272 g/mol. The van der Waals surface area contributed by atoms with E-state index in [1.807, 2.05) is 43.3 Å². The fraction of sp³-hybridized carbons (Fsp3) is 0.0556. The van der Waals surface area contributed by atoms with Crippen LogP contribution in [0, 0.1) is 0 Å². The highest BCUT2D eigenvalue weighted by Crippen LogP contribution is 2.20. The molecule has 0 saturated carbocycles. The minimum absolute atomic E-state index is 0.542. The average Bonchev–Trinajstić information content (AvgIpc) is 2.56. The molecule has 2 heterocycles. The summed E-state index contributed by atoms with van der Waals surface area (Å²) >= 11 is 0. The molecule has 4 heteroatoms. The van der Waals surface area contributed by atoms with Gasteiger partial charge in [-0.3, -0.25) is 4.98 Å². The summed E-state index contributed by atoms with van der Waals surface area (Å²) < 4.78 is 0. The first kappa shape index (κ1) is 13.9. The third kappa shape index (κ3) is 3.17. The van der Waals surface area contributed by atoms with Crippen LogP contribution >= 0.6 is 0 Å². The standard InChI is InChI=1S/C18H16N4/c1-13(2)15-8-17(12-19-9-15)22-18-20-10-16(11-21-18)14-6-4-3-5-7-14/h3-12H,1H2,2H3,(H,20,21,22). The molecule has 0 spiro atoms. The van der Waals surface area contributed by atoms with E-state index >= 15 is 0 Å². The first-order valence-electron chi connectivity index (χ1n) is 6.98. The Kier molecular flexibility index (Phi) is 3.92. The second kappa shape index (κ2) is 6.18. The zero-order valence-electron chi connectivity index (χ0n) is 12.3. The van der Waals surface area contributed by atoms with E-state index in [4.69, 9.17) is 0 Å². The van der Waals surface area contributed by atoms with Crippen molar-refractivity contribution in [3.05, 3.63) is 73.3 Å². The second-order valence-electron chi connectivity index (χ2n) is 5.03. The summed E-state index contributed by atoms with van der Waals surface area (Å²) in [5.74, 6) is 0.542. The zero-order chi connectivity index (χ0) is 15.4. The van der Waals surface area contributed by atoms with E-state index in [9.17, 15) is 0 Å². The highest BCUT2D eigenvalue weighted by atomic mass is 15.1. The van der Waals surface area contributed by atoms with Crippen molar-refractivity contribution >= 4 is 17.2 Å². The first-order chi connectivity index (χ1) is 10.7. The zero-order valence-corrected chi connectivity index (χ0v) is 12.3. The summed E-state index contributed by atoms with van der Waals surface area (Å²) in [7, 11) is 0. The molecule has 0 bridgehead atoms. The maximum Gasteiger partial charge on any atom is 0.227 e. The predicted molar refractivity (Wildman–Crippen MR) is 89.7 cm³/mol. The number of allylic oxidation sites excluding steroid dienone is 1. The lowest BCUT2D eigenvalue weighted by atomic mass is 10.1. The second-order valence-corrected chi connectivity index (χ2v) is 5.03. The van der Waals surface area contributed by atoms with Crippen molar-refractivity contribution in [2.24, 2.45) is 0 Å². The first-order valence-corrected chi connectivity index (χ1v) is 6.98. The van der Waals surface area contributed by atoms with Gasteiger partial charge in [0.15, 0.2) is 0 Å². The molecule has 4 nitrogen and oxygen atoms in total. The topological polar surface area (TPSA) is 50.7 Å². The molecule has 0 atom stereocenters. The molecule has 0 saturated heterocycles. The van der Waals surface area contributed by atoms with Crippen LogP contribution in [0.5, 0.6) is 0 Å². The van der Waals surface area contributed by atoms with Crippen LogP contribution in [0.25, 0.3) is 16.7 Å². The van der Waals surface area contributed by atoms with Crippen molar-refractivity contribution in [1.29, 1.82) is 0 Å². The number of pyridine rings is 1. The molecule has 2 aromatic heterocycles. The van der Waals surface area contributed by atoms with E-state index in [0.717, 1.165) is 28.0 Å². The lowest BCUT2D eigenvalue weighted by Crippen LogP contribution is -1.98. The molecular formula is C18H16N4. The highest BCUT2D eigenvalue weighted by Gasteiger charge is 2.02. The number of hydrogen-bond donors (Lipinski definition) is 1. The maximum atomic E-state index is 4.35. The Morgan fingerprint density at radius 3 is 2.36 bits per heavy atom. The maximum absolute atomic E-state index is 4.35. The van der Waals surface area contributed by atoms with E-state index in [0.29, 0.717) is 5.95 Å². The summed E-state index contributed by atoms with van der Waals surface area (Å²) in [6, 6.07) is 12.0. The number of rotatable bonds is 4. The summed E-state index contributed by atoms with van der Waals surface area (Å²) in [4.78, 5) is 12.9. The number of nitrogens with one attached hydrogen (secondary N) is 1. The van der Waals surface area contributed by atoms with Crippen molar-refractivity contribution in [1.82, 2.24) is 15.0 Å². The Bertz CT molecular complexity index is 780. The van der Waals surface area contributed by atoms with E-state index in [1.165, 1.54) is 0 Å². The van der Waals surface area contributed by atoms with Gasteiger partial charge in [-0.15, -0.1) is 0 Å². The van der Waals surface area contributed by atoms with Gasteiger partial charge in [-0.25, -0.2) is 9.97 Å². The monoisotopic (exact) mass is 288 g/mol. The van der Waals surface area contributed by atoms with Gasteiger partial charge >= 0.3 is 0 Å². The molecule has 0 aliphatic rings. The molecule has 22 heavy (non-hydrogen) atoms. The van der Waals surface area contributed by atoms with Gasteiger partial charge < -0.3 is 5.32 Å². The third-order valence-corrected chi connectivity index (χ3v) is 3.25. The summed E-state index contributed by atoms with van der Waals surface area (Å²) in [5, 5.41) is 3.15. The number of nitrogens with zero attached hydrogens (tertiary/aromatic N) is 3. The van der Waals surface area contributed by atoms with Crippen molar-refractivity contribution < 1.29 is 0 Å². The van der Waals surface area contributed by atoms with Gasteiger partial charge in [-0.1, -0.05) is 36.9 Å². The Labute approximate surface area is 129 Å². The average molecular weight is 288 g/mol. The molecule has 3 aromatic rings. The fourth-order valence-corrected chi connectivity index (χ4v) is 2.04. The molecule has 1 aromatic carbocycles. The van der Waals surface area contributed by atoms with Gasteiger partial charge in [-0.2, -0.15) is 0 Å². The lowest BCUT2D eigenvalue weighted by molar-refractivity contribution is 1.16. The molecule has 3 rings (SSSR count). The van der Waals surface area contributed by atoms with E-state index in [-0.39, 0.29) is 0 Å². The molecule has 0 aliphatic heterocycles. The molecule has 0 radical (unpaired) electrons. The Morgan fingerprint density at radius 2 is 1.68 bits per heavy atom. The molecule has 1 N–H and O–H groups in total. The van der Waals surface area contributed by atoms with Gasteiger partial charge in [0.2, 0.25) is 5.95 Å². The van der Waals surface area contributed by atoms with Gasteiger partial charge in [0.05, 0.1) is 11.9 Å².